The molecule has 3 rings (SSSR count). The van der Waals surface area contributed by atoms with Gasteiger partial charge in [0.1, 0.15) is 5.75 Å². The fourth-order valence-corrected chi connectivity index (χ4v) is 3.77. The second kappa shape index (κ2) is 6.72. The number of benzene rings is 1. The Morgan fingerprint density at radius 2 is 1.83 bits per heavy atom. The number of hydrogen-bond acceptors (Lipinski definition) is 4. The molecule has 0 spiro atoms. The highest BCUT2D eigenvalue weighted by Crippen LogP contribution is 2.28. The van der Waals surface area contributed by atoms with Crippen LogP contribution in [-0.4, -0.2) is 43.2 Å². The number of carbonyl (C=O) groups excluding carboxylic acids is 1. The fourth-order valence-electron chi connectivity index (χ4n) is 2.88. The predicted octanol–water partition coefficient (Wildman–Crippen LogP) is 3.67. The maximum absolute atomic E-state index is 12.7. The Morgan fingerprint density at radius 1 is 1.17 bits per heavy atom. The highest BCUT2D eigenvalue weighted by atomic mass is 32.1. The first-order valence-corrected chi connectivity index (χ1v) is 8.62. The normalized spacial score (nSPS) is 21.3. The molecule has 1 aromatic heterocycles. The first-order chi connectivity index (χ1) is 11.1. The third kappa shape index (κ3) is 3.57. The quantitative estimate of drug-likeness (QED) is 0.861. The van der Waals surface area contributed by atoms with Crippen LogP contribution in [0.15, 0.2) is 35.7 Å². The van der Waals surface area contributed by atoms with Gasteiger partial charge in [-0.15, -0.1) is 11.3 Å². The summed E-state index contributed by atoms with van der Waals surface area (Å²) < 4.78 is 10.9. The van der Waals surface area contributed by atoms with Crippen LogP contribution in [0.25, 0.3) is 11.1 Å². The van der Waals surface area contributed by atoms with E-state index in [1.807, 2.05) is 54.5 Å². The Hall–Kier alpha value is -1.85. The topological polar surface area (TPSA) is 38.8 Å². The molecule has 1 fully saturated rings. The van der Waals surface area contributed by atoms with Crippen molar-refractivity contribution in [3.63, 3.8) is 0 Å². The molecule has 5 heteroatoms. The molecule has 1 saturated heterocycles. The fraction of sp³-hybridized carbons (Fsp3) is 0.389. The molecule has 122 valence electrons. The third-order valence-corrected chi connectivity index (χ3v) is 4.86. The standard InChI is InChI=1S/C18H21NO3S/c1-12-9-19(10-13(2)22-12)18(20)17-8-15(11-23-17)14-4-6-16(21-3)7-5-14/h4-8,11-13H,9-10H2,1-3H3/t12-,13-/m1/s1. The van der Waals surface area contributed by atoms with Crippen LogP contribution in [0.3, 0.4) is 0 Å². The monoisotopic (exact) mass is 331 g/mol. The van der Waals surface area contributed by atoms with Gasteiger partial charge in [-0.05, 0) is 48.6 Å². The number of hydrogen-bond donors (Lipinski definition) is 0. The summed E-state index contributed by atoms with van der Waals surface area (Å²) in [6.07, 6.45) is 0.174. The van der Waals surface area contributed by atoms with E-state index in [1.165, 1.54) is 11.3 Å². The van der Waals surface area contributed by atoms with Crippen LogP contribution in [0.4, 0.5) is 0 Å². The number of carbonyl (C=O) groups is 1. The maximum atomic E-state index is 12.7. The van der Waals surface area contributed by atoms with Gasteiger partial charge in [0, 0.05) is 13.1 Å². The van der Waals surface area contributed by atoms with Gasteiger partial charge < -0.3 is 14.4 Å². The predicted molar refractivity (Wildman–Crippen MR) is 92.2 cm³/mol. The Kier molecular flexibility index (Phi) is 4.68. The smallest absolute Gasteiger partial charge is 0.264 e. The first-order valence-electron chi connectivity index (χ1n) is 7.74. The Morgan fingerprint density at radius 3 is 2.43 bits per heavy atom. The lowest BCUT2D eigenvalue weighted by atomic mass is 10.1. The zero-order chi connectivity index (χ0) is 16.4. The number of nitrogens with zero attached hydrogens (tertiary/aromatic N) is 1. The minimum absolute atomic E-state index is 0.0868. The highest BCUT2D eigenvalue weighted by molar-refractivity contribution is 7.12. The van der Waals surface area contributed by atoms with Crippen LogP contribution >= 0.6 is 11.3 Å². The van der Waals surface area contributed by atoms with Crippen molar-refractivity contribution in [3.8, 4) is 16.9 Å². The zero-order valence-corrected chi connectivity index (χ0v) is 14.4. The van der Waals surface area contributed by atoms with Crippen molar-refractivity contribution < 1.29 is 14.3 Å². The molecule has 23 heavy (non-hydrogen) atoms. The number of rotatable bonds is 3. The van der Waals surface area contributed by atoms with Crippen LogP contribution in [-0.2, 0) is 4.74 Å². The van der Waals surface area contributed by atoms with Crippen molar-refractivity contribution in [2.24, 2.45) is 0 Å². The first kappa shape index (κ1) is 16.0. The van der Waals surface area contributed by atoms with E-state index < -0.39 is 0 Å². The maximum Gasteiger partial charge on any atom is 0.264 e. The molecule has 0 bridgehead atoms. The van der Waals surface area contributed by atoms with Crippen LogP contribution in [0.1, 0.15) is 23.5 Å². The van der Waals surface area contributed by atoms with Gasteiger partial charge in [0.15, 0.2) is 0 Å². The van der Waals surface area contributed by atoms with E-state index >= 15 is 0 Å². The van der Waals surface area contributed by atoms with Crippen LogP contribution < -0.4 is 4.74 Å². The van der Waals surface area contributed by atoms with Crippen molar-refractivity contribution in [3.05, 3.63) is 40.6 Å². The van der Waals surface area contributed by atoms with Gasteiger partial charge in [-0.3, -0.25) is 4.79 Å². The molecule has 1 aliphatic rings. The van der Waals surface area contributed by atoms with E-state index in [0.29, 0.717) is 13.1 Å². The SMILES string of the molecule is COc1ccc(-c2csc(C(=O)N3C[C@@H](C)O[C@H](C)C3)c2)cc1. The van der Waals surface area contributed by atoms with Crippen molar-refractivity contribution in [2.45, 2.75) is 26.1 Å². The van der Waals surface area contributed by atoms with E-state index in [1.54, 1.807) is 7.11 Å². The van der Waals surface area contributed by atoms with Gasteiger partial charge in [0.25, 0.3) is 5.91 Å². The molecule has 1 aromatic carbocycles. The third-order valence-electron chi connectivity index (χ3n) is 3.94. The van der Waals surface area contributed by atoms with Crippen LogP contribution in [0, 0.1) is 0 Å². The second-order valence-corrected chi connectivity index (χ2v) is 6.81. The summed E-state index contributed by atoms with van der Waals surface area (Å²) in [5, 5.41) is 2.03. The Bertz CT molecular complexity index is 670. The van der Waals surface area contributed by atoms with Crippen LogP contribution in [0.5, 0.6) is 5.75 Å². The van der Waals surface area contributed by atoms with Gasteiger partial charge in [-0.1, -0.05) is 12.1 Å². The summed E-state index contributed by atoms with van der Waals surface area (Å²) in [6, 6.07) is 9.85. The largest absolute Gasteiger partial charge is 0.497 e. The highest BCUT2D eigenvalue weighted by Gasteiger charge is 2.27. The minimum atomic E-state index is 0.0868. The number of morpholine rings is 1. The van der Waals surface area contributed by atoms with E-state index in [4.69, 9.17) is 9.47 Å². The Balaban J connectivity index is 1.76. The lowest BCUT2D eigenvalue weighted by Crippen LogP contribution is -2.48. The van der Waals surface area contributed by atoms with Gasteiger partial charge in [0.05, 0.1) is 24.2 Å². The van der Waals surface area contributed by atoms with Gasteiger partial charge >= 0.3 is 0 Å². The number of methoxy groups -OCH3 is 1. The molecule has 0 radical (unpaired) electrons. The number of ether oxygens (including phenoxy) is 2. The lowest BCUT2D eigenvalue weighted by Gasteiger charge is -2.35. The average Bonchev–Trinajstić information content (AvgIpc) is 3.03. The van der Waals surface area contributed by atoms with Crippen molar-refractivity contribution in [1.29, 1.82) is 0 Å². The molecular weight excluding hydrogens is 310 g/mol. The lowest BCUT2D eigenvalue weighted by molar-refractivity contribution is -0.0585. The molecule has 0 N–H and O–H groups in total. The van der Waals surface area contributed by atoms with Gasteiger partial charge in [-0.2, -0.15) is 0 Å². The van der Waals surface area contributed by atoms with Crippen molar-refractivity contribution >= 4 is 17.2 Å². The summed E-state index contributed by atoms with van der Waals surface area (Å²) in [4.78, 5) is 15.4. The van der Waals surface area contributed by atoms with Gasteiger partial charge in [0.2, 0.25) is 0 Å². The molecule has 2 atom stereocenters. The molecule has 4 nitrogen and oxygen atoms in total. The van der Waals surface area contributed by atoms with E-state index in [9.17, 15) is 4.79 Å². The second-order valence-electron chi connectivity index (χ2n) is 5.90. The van der Waals surface area contributed by atoms with E-state index in [2.05, 4.69) is 0 Å². The molecular formula is C18H21NO3S. The molecule has 0 aliphatic carbocycles. The van der Waals surface area contributed by atoms with Crippen molar-refractivity contribution in [2.75, 3.05) is 20.2 Å². The van der Waals surface area contributed by atoms with Crippen LogP contribution in [0.2, 0.25) is 0 Å². The summed E-state index contributed by atoms with van der Waals surface area (Å²) in [5.41, 5.74) is 2.15. The summed E-state index contributed by atoms with van der Waals surface area (Å²) in [6.45, 7) is 5.32. The molecule has 0 saturated carbocycles. The molecule has 2 heterocycles. The summed E-state index contributed by atoms with van der Waals surface area (Å²) in [5.74, 6) is 0.924. The number of thiophene rings is 1. The molecule has 2 aromatic rings. The molecule has 1 amide bonds. The van der Waals surface area contributed by atoms with E-state index in [-0.39, 0.29) is 18.1 Å². The van der Waals surface area contributed by atoms with Crippen molar-refractivity contribution in [1.82, 2.24) is 4.90 Å². The molecule has 0 unspecified atom stereocenters. The summed E-state index contributed by atoms with van der Waals surface area (Å²) >= 11 is 1.50. The zero-order valence-electron chi connectivity index (χ0n) is 13.6. The minimum Gasteiger partial charge on any atom is -0.497 e. The molecule has 1 aliphatic heterocycles. The van der Waals surface area contributed by atoms with E-state index in [0.717, 1.165) is 21.8 Å². The van der Waals surface area contributed by atoms with Gasteiger partial charge in [-0.25, -0.2) is 0 Å². The Labute approximate surface area is 140 Å². The average molecular weight is 331 g/mol. The summed E-state index contributed by atoms with van der Waals surface area (Å²) in [7, 11) is 1.65. The number of amides is 1.